The first-order valence-corrected chi connectivity index (χ1v) is 11.5. The summed E-state index contributed by atoms with van der Waals surface area (Å²) in [4.78, 5) is 27.0. The van der Waals surface area contributed by atoms with Crippen molar-refractivity contribution in [2.45, 2.75) is 25.9 Å². The van der Waals surface area contributed by atoms with E-state index in [4.69, 9.17) is 11.6 Å². The molecular formula is C26H20ClF3N4O2. The molecule has 0 radical (unpaired) electrons. The SMILES string of the molecule is O=c1[nH]c(-c2ccc(Cl)cc2)nc2c1CN(Cc1ccc(-c3ccc(OC(F)(F)F)cc3)nc1)CC2. The molecule has 36 heavy (non-hydrogen) atoms. The number of H-pyrrole nitrogens is 1. The Kier molecular flexibility index (Phi) is 6.51. The Balaban J connectivity index is 1.25. The summed E-state index contributed by atoms with van der Waals surface area (Å²) < 4.78 is 40.9. The Labute approximate surface area is 209 Å². The molecule has 0 fully saturated rings. The van der Waals surface area contributed by atoms with Gasteiger partial charge in [0.1, 0.15) is 11.6 Å². The van der Waals surface area contributed by atoms with E-state index in [1.165, 1.54) is 24.3 Å². The van der Waals surface area contributed by atoms with Gasteiger partial charge in [0, 0.05) is 48.4 Å². The second-order valence-corrected chi connectivity index (χ2v) is 8.87. The fraction of sp³-hybridized carbons (Fsp3) is 0.192. The number of hydrogen-bond acceptors (Lipinski definition) is 5. The van der Waals surface area contributed by atoms with E-state index >= 15 is 0 Å². The van der Waals surface area contributed by atoms with Gasteiger partial charge in [0.05, 0.1) is 17.0 Å². The van der Waals surface area contributed by atoms with E-state index in [-0.39, 0.29) is 11.3 Å². The largest absolute Gasteiger partial charge is 0.573 e. The zero-order valence-corrected chi connectivity index (χ0v) is 19.6. The zero-order valence-electron chi connectivity index (χ0n) is 18.8. The Morgan fingerprint density at radius 1 is 1.00 bits per heavy atom. The summed E-state index contributed by atoms with van der Waals surface area (Å²) in [5.41, 5.74) is 4.38. The van der Waals surface area contributed by atoms with Gasteiger partial charge in [-0.1, -0.05) is 17.7 Å². The van der Waals surface area contributed by atoms with Gasteiger partial charge >= 0.3 is 6.36 Å². The van der Waals surface area contributed by atoms with Gasteiger partial charge in [0.15, 0.2) is 0 Å². The fourth-order valence-electron chi connectivity index (χ4n) is 4.13. The summed E-state index contributed by atoms with van der Waals surface area (Å²) in [6.07, 6.45) is -2.34. The van der Waals surface area contributed by atoms with Crippen molar-refractivity contribution < 1.29 is 17.9 Å². The summed E-state index contributed by atoms with van der Waals surface area (Å²) in [6.45, 7) is 1.82. The number of rotatable bonds is 5. The molecule has 1 aliphatic heterocycles. The first kappa shape index (κ1) is 24.0. The van der Waals surface area contributed by atoms with Gasteiger partial charge in [-0.3, -0.25) is 14.7 Å². The number of alkyl halides is 3. The molecule has 2 aromatic heterocycles. The number of nitrogens with zero attached hydrogens (tertiary/aromatic N) is 3. The highest BCUT2D eigenvalue weighted by Gasteiger charge is 2.31. The van der Waals surface area contributed by atoms with Gasteiger partial charge < -0.3 is 9.72 Å². The number of aromatic amines is 1. The van der Waals surface area contributed by atoms with Crippen LogP contribution < -0.4 is 10.3 Å². The van der Waals surface area contributed by atoms with Crippen molar-refractivity contribution >= 4 is 11.6 Å². The lowest BCUT2D eigenvalue weighted by Gasteiger charge is -2.27. The summed E-state index contributed by atoms with van der Waals surface area (Å²) in [5, 5.41) is 0.616. The molecular weight excluding hydrogens is 493 g/mol. The number of benzene rings is 2. The summed E-state index contributed by atoms with van der Waals surface area (Å²) in [7, 11) is 0. The average Bonchev–Trinajstić information content (AvgIpc) is 2.85. The first-order chi connectivity index (χ1) is 17.2. The van der Waals surface area contributed by atoms with E-state index in [9.17, 15) is 18.0 Å². The van der Waals surface area contributed by atoms with Crippen LogP contribution in [0.5, 0.6) is 5.75 Å². The second kappa shape index (κ2) is 9.75. The van der Waals surface area contributed by atoms with E-state index in [0.717, 1.165) is 23.4 Å². The van der Waals surface area contributed by atoms with Crippen LogP contribution >= 0.6 is 11.6 Å². The molecule has 0 amide bonds. The smallest absolute Gasteiger partial charge is 0.406 e. The Bertz CT molecular complexity index is 1420. The van der Waals surface area contributed by atoms with Crippen LogP contribution in [0.1, 0.15) is 16.8 Å². The number of aromatic nitrogens is 3. The van der Waals surface area contributed by atoms with E-state index in [1.807, 2.05) is 24.3 Å². The lowest BCUT2D eigenvalue weighted by atomic mass is 10.1. The van der Waals surface area contributed by atoms with Gasteiger partial charge in [0.2, 0.25) is 0 Å². The highest BCUT2D eigenvalue weighted by atomic mass is 35.5. The highest BCUT2D eigenvalue weighted by Crippen LogP contribution is 2.26. The molecule has 0 unspecified atom stereocenters. The molecule has 1 aliphatic rings. The van der Waals surface area contributed by atoms with E-state index < -0.39 is 6.36 Å². The van der Waals surface area contributed by atoms with Crippen molar-refractivity contribution in [2.24, 2.45) is 0 Å². The predicted molar refractivity (Wildman–Crippen MR) is 129 cm³/mol. The van der Waals surface area contributed by atoms with Crippen molar-refractivity contribution in [1.82, 2.24) is 19.9 Å². The fourth-order valence-corrected chi connectivity index (χ4v) is 4.26. The van der Waals surface area contributed by atoms with Crippen molar-refractivity contribution in [2.75, 3.05) is 6.54 Å². The third-order valence-corrected chi connectivity index (χ3v) is 6.13. The zero-order chi connectivity index (χ0) is 25.3. The van der Waals surface area contributed by atoms with Crippen LogP contribution in [0.25, 0.3) is 22.6 Å². The summed E-state index contributed by atoms with van der Waals surface area (Å²) in [5.74, 6) is 0.250. The molecule has 184 valence electrons. The Morgan fingerprint density at radius 2 is 1.72 bits per heavy atom. The minimum absolute atomic E-state index is 0.152. The number of pyridine rings is 1. The first-order valence-electron chi connectivity index (χ1n) is 11.1. The summed E-state index contributed by atoms with van der Waals surface area (Å²) in [6, 6.07) is 16.5. The molecule has 0 saturated carbocycles. The molecule has 3 heterocycles. The third-order valence-electron chi connectivity index (χ3n) is 5.88. The molecule has 10 heteroatoms. The number of halogens is 4. The monoisotopic (exact) mass is 512 g/mol. The molecule has 0 aliphatic carbocycles. The van der Waals surface area contributed by atoms with Gasteiger partial charge in [-0.15, -0.1) is 13.2 Å². The minimum atomic E-state index is -4.73. The third kappa shape index (κ3) is 5.58. The second-order valence-electron chi connectivity index (χ2n) is 8.43. The lowest BCUT2D eigenvalue weighted by molar-refractivity contribution is -0.274. The molecule has 6 nitrogen and oxygen atoms in total. The quantitative estimate of drug-likeness (QED) is 0.376. The molecule has 0 spiro atoms. The average molecular weight is 513 g/mol. The molecule has 0 saturated heterocycles. The van der Waals surface area contributed by atoms with Crippen LogP contribution in [-0.2, 0) is 19.5 Å². The topological polar surface area (TPSA) is 71.1 Å². The molecule has 0 bridgehead atoms. The van der Waals surface area contributed by atoms with Crippen LogP contribution in [0.3, 0.4) is 0 Å². The molecule has 0 atom stereocenters. The minimum Gasteiger partial charge on any atom is -0.406 e. The molecule has 4 aromatic rings. The number of nitrogens with one attached hydrogen (secondary N) is 1. The molecule has 5 rings (SSSR count). The Hall–Kier alpha value is -3.69. The molecule has 1 N–H and O–H groups in total. The normalized spacial score (nSPS) is 13.9. The van der Waals surface area contributed by atoms with E-state index in [1.54, 1.807) is 18.3 Å². The molecule has 2 aromatic carbocycles. The van der Waals surface area contributed by atoms with Gasteiger partial charge in [-0.25, -0.2) is 4.98 Å². The lowest BCUT2D eigenvalue weighted by Crippen LogP contribution is -2.35. The standard InChI is InChI=1S/C26H20ClF3N4O2/c27-19-6-2-18(3-7-19)24-32-23-11-12-34(15-21(23)25(35)33-24)14-16-1-10-22(31-13-16)17-4-8-20(9-5-17)36-26(28,29)30/h1-10,13H,11-12,14-15H2,(H,32,33,35). The van der Waals surface area contributed by atoms with E-state index in [2.05, 4.69) is 24.6 Å². The van der Waals surface area contributed by atoms with Gasteiger partial charge in [-0.05, 0) is 60.2 Å². The summed E-state index contributed by atoms with van der Waals surface area (Å²) >= 11 is 5.95. The van der Waals surface area contributed by atoms with Crippen LogP contribution in [0.4, 0.5) is 13.2 Å². The maximum absolute atomic E-state index is 12.8. The van der Waals surface area contributed by atoms with Gasteiger partial charge in [0.25, 0.3) is 5.56 Å². The van der Waals surface area contributed by atoms with Gasteiger partial charge in [-0.2, -0.15) is 0 Å². The van der Waals surface area contributed by atoms with Crippen molar-refractivity contribution in [3.8, 4) is 28.4 Å². The van der Waals surface area contributed by atoms with E-state index in [0.29, 0.717) is 47.2 Å². The number of fused-ring (bicyclic) bond motifs is 1. The number of ether oxygens (including phenoxy) is 1. The predicted octanol–water partition coefficient (Wildman–Crippen LogP) is 5.61. The Morgan fingerprint density at radius 3 is 2.39 bits per heavy atom. The van der Waals surface area contributed by atoms with Crippen molar-refractivity contribution in [1.29, 1.82) is 0 Å². The van der Waals surface area contributed by atoms with Crippen molar-refractivity contribution in [3.05, 3.63) is 99.1 Å². The van der Waals surface area contributed by atoms with Crippen molar-refractivity contribution in [3.63, 3.8) is 0 Å². The van der Waals surface area contributed by atoms with Crippen LogP contribution in [-0.4, -0.2) is 32.8 Å². The van der Waals surface area contributed by atoms with Crippen LogP contribution in [0.15, 0.2) is 71.7 Å². The van der Waals surface area contributed by atoms with Crippen LogP contribution in [0.2, 0.25) is 5.02 Å². The number of hydrogen-bond donors (Lipinski definition) is 1. The maximum Gasteiger partial charge on any atom is 0.573 e. The maximum atomic E-state index is 12.8. The highest BCUT2D eigenvalue weighted by molar-refractivity contribution is 6.30. The van der Waals surface area contributed by atoms with Crippen LogP contribution in [0, 0.1) is 0 Å².